The Kier molecular flexibility index (Phi) is 2.28. The zero-order valence-electron chi connectivity index (χ0n) is 5.92. The Morgan fingerprint density at radius 2 is 2.20 bits per heavy atom. The maximum Gasteiger partial charge on any atom is 0.211 e. The first kappa shape index (κ1) is 7.97. The molecule has 1 aliphatic heterocycles. The van der Waals surface area contributed by atoms with Crippen molar-refractivity contribution >= 4 is 10.0 Å². The highest BCUT2D eigenvalue weighted by atomic mass is 32.2. The summed E-state index contributed by atoms with van der Waals surface area (Å²) in [5.74, 6) is 0.577. The van der Waals surface area contributed by atoms with E-state index in [1.807, 2.05) is 0 Å². The summed E-state index contributed by atoms with van der Waals surface area (Å²) in [6.07, 6.45) is 0. The molecule has 1 saturated heterocycles. The van der Waals surface area contributed by atoms with Gasteiger partial charge in [0, 0.05) is 13.1 Å². The first-order valence-electron chi connectivity index (χ1n) is 3.26. The molecule has 10 heavy (non-hydrogen) atoms. The highest BCUT2D eigenvalue weighted by Crippen LogP contribution is 2.04. The number of nitrogens with one attached hydrogen (secondary N) is 2. The molecule has 0 saturated carbocycles. The molecule has 1 fully saturated rings. The van der Waals surface area contributed by atoms with E-state index in [2.05, 4.69) is 10.0 Å². The minimum Gasteiger partial charge on any atom is -0.316 e. The van der Waals surface area contributed by atoms with Crippen molar-refractivity contribution in [2.45, 2.75) is 0 Å². The van der Waals surface area contributed by atoms with Crippen molar-refractivity contribution in [3.05, 3.63) is 0 Å². The third-order valence-electron chi connectivity index (χ3n) is 1.63. The second kappa shape index (κ2) is 2.86. The zero-order chi connectivity index (χ0) is 7.61. The van der Waals surface area contributed by atoms with Gasteiger partial charge in [-0.25, -0.2) is 13.1 Å². The van der Waals surface area contributed by atoms with E-state index in [4.69, 9.17) is 0 Å². The standard InChI is InChI=1S/C5H12N2O2S/c1-6-10(8,9)4-5-2-7-3-5/h5-7H,2-4H2,1H3. The van der Waals surface area contributed by atoms with Crippen molar-refractivity contribution < 1.29 is 8.42 Å². The molecular formula is C5H12N2O2S. The van der Waals surface area contributed by atoms with Crippen LogP contribution in [0.25, 0.3) is 0 Å². The van der Waals surface area contributed by atoms with Gasteiger partial charge in [0.05, 0.1) is 5.75 Å². The van der Waals surface area contributed by atoms with Crippen molar-refractivity contribution in [3.63, 3.8) is 0 Å². The van der Waals surface area contributed by atoms with Crippen LogP contribution < -0.4 is 10.0 Å². The highest BCUT2D eigenvalue weighted by molar-refractivity contribution is 7.89. The van der Waals surface area contributed by atoms with Gasteiger partial charge in [-0.05, 0) is 13.0 Å². The number of hydrogen-bond donors (Lipinski definition) is 2. The van der Waals surface area contributed by atoms with Crippen LogP contribution in [0.2, 0.25) is 0 Å². The molecule has 0 aromatic rings. The topological polar surface area (TPSA) is 58.2 Å². The Labute approximate surface area is 61.1 Å². The lowest BCUT2D eigenvalue weighted by atomic mass is 10.1. The molecule has 0 aliphatic carbocycles. The largest absolute Gasteiger partial charge is 0.316 e. The van der Waals surface area contributed by atoms with E-state index in [0.717, 1.165) is 13.1 Å². The van der Waals surface area contributed by atoms with Crippen molar-refractivity contribution in [2.75, 3.05) is 25.9 Å². The maximum absolute atomic E-state index is 10.9. The van der Waals surface area contributed by atoms with Crippen LogP contribution in [-0.4, -0.2) is 34.3 Å². The van der Waals surface area contributed by atoms with E-state index in [0.29, 0.717) is 5.92 Å². The first-order valence-corrected chi connectivity index (χ1v) is 4.91. The van der Waals surface area contributed by atoms with Crippen LogP contribution in [0, 0.1) is 5.92 Å². The summed E-state index contributed by atoms with van der Waals surface area (Å²) in [5, 5.41) is 3.02. The van der Waals surface area contributed by atoms with Gasteiger partial charge in [-0.1, -0.05) is 0 Å². The normalized spacial score (nSPS) is 20.5. The Morgan fingerprint density at radius 3 is 2.50 bits per heavy atom. The van der Waals surface area contributed by atoms with Gasteiger partial charge in [-0.2, -0.15) is 0 Å². The first-order chi connectivity index (χ1) is 4.64. The van der Waals surface area contributed by atoms with Gasteiger partial charge in [0.1, 0.15) is 0 Å². The van der Waals surface area contributed by atoms with Gasteiger partial charge >= 0.3 is 0 Å². The quantitative estimate of drug-likeness (QED) is 0.548. The molecule has 5 heteroatoms. The lowest BCUT2D eigenvalue weighted by molar-refractivity contribution is 0.378. The number of hydrogen-bond acceptors (Lipinski definition) is 3. The molecule has 1 aliphatic rings. The monoisotopic (exact) mass is 164 g/mol. The number of rotatable bonds is 3. The van der Waals surface area contributed by atoms with Gasteiger partial charge in [0.25, 0.3) is 0 Å². The Balaban J connectivity index is 2.36. The van der Waals surface area contributed by atoms with E-state index in [9.17, 15) is 8.42 Å². The maximum atomic E-state index is 10.9. The summed E-state index contributed by atoms with van der Waals surface area (Å²) in [6.45, 7) is 1.67. The van der Waals surface area contributed by atoms with Gasteiger partial charge in [0.2, 0.25) is 10.0 Å². The molecule has 0 spiro atoms. The molecule has 0 aromatic carbocycles. The van der Waals surface area contributed by atoms with E-state index in [1.54, 1.807) is 0 Å². The molecule has 1 rings (SSSR count). The molecule has 0 amide bonds. The number of sulfonamides is 1. The molecule has 2 N–H and O–H groups in total. The van der Waals surface area contributed by atoms with Crippen LogP contribution >= 0.6 is 0 Å². The van der Waals surface area contributed by atoms with E-state index < -0.39 is 10.0 Å². The predicted molar refractivity (Wildman–Crippen MR) is 39.2 cm³/mol. The lowest BCUT2D eigenvalue weighted by Gasteiger charge is -2.26. The van der Waals surface area contributed by atoms with Crippen molar-refractivity contribution in [1.82, 2.24) is 10.0 Å². The zero-order valence-corrected chi connectivity index (χ0v) is 6.74. The minimum atomic E-state index is -2.97. The molecular weight excluding hydrogens is 152 g/mol. The molecule has 0 atom stereocenters. The summed E-state index contributed by atoms with van der Waals surface area (Å²) >= 11 is 0. The average molecular weight is 164 g/mol. The fraction of sp³-hybridized carbons (Fsp3) is 1.00. The fourth-order valence-corrected chi connectivity index (χ4v) is 1.88. The van der Waals surface area contributed by atoms with Gasteiger partial charge in [-0.15, -0.1) is 0 Å². The highest BCUT2D eigenvalue weighted by Gasteiger charge is 2.22. The van der Waals surface area contributed by atoms with Gasteiger partial charge < -0.3 is 5.32 Å². The average Bonchev–Trinajstić information content (AvgIpc) is 1.80. The summed E-state index contributed by atoms with van der Waals surface area (Å²) in [4.78, 5) is 0. The SMILES string of the molecule is CNS(=O)(=O)CC1CNC1. The van der Waals surface area contributed by atoms with Crippen LogP contribution in [0.3, 0.4) is 0 Å². The second-order valence-corrected chi connectivity index (χ2v) is 4.48. The van der Waals surface area contributed by atoms with Crippen LogP contribution in [0.15, 0.2) is 0 Å². The molecule has 60 valence electrons. The van der Waals surface area contributed by atoms with E-state index in [-0.39, 0.29) is 5.75 Å². The molecule has 0 bridgehead atoms. The van der Waals surface area contributed by atoms with Gasteiger partial charge in [0.15, 0.2) is 0 Å². The molecule has 0 unspecified atom stereocenters. The van der Waals surface area contributed by atoms with E-state index >= 15 is 0 Å². The second-order valence-electron chi connectivity index (χ2n) is 2.51. The van der Waals surface area contributed by atoms with Crippen molar-refractivity contribution in [3.8, 4) is 0 Å². The van der Waals surface area contributed by atoms with Crippen molar-refractivity contribution in [1.29, 1.82) is 0 Å². The van der Waals surface area contributed by atoms with Crippen LogP contribution in [0.1, 0.15) is 0 Å². The Bertz CT molecular complexity index is 196. The van der Waals surface area contributed by atoms with Crippen molar-refractivity contribution in [2.24, 2.45) is 5.92 Å². The molecule has 1 heterocycles. The third kappa shape index (κ3) is 1.93. The van der Waals surface area contributed by atoms with Gasteiger partial charge in [-0.3, -0.25) is 0 Å². The lowest BCUT2D eigenvalue weighted by Crippen LogP contribution is -2.47. The Hall–Kier alpha value is -0.130. The molecule has 0 aromatic heterocycles. The molecule has 0 radical (unpaired) electrons. The van der Waals surface area contributed by atoms with Crippen LogP contribution in [0.4, 0.5) is 0 Å². The molecule has 4 nitrogen and oxygen atoms in total. The summed E-state index contributed by atoms with van der Waals surface area (Å²) < 4.78 is 24.0. The smallest absolute Gasteiger partial charge is 0.211 e. The third-order valence-corrected chi connectivity index (χ3v) is 3.16. The summed E-state index contributed by atoms with van der Waals surface area (Å²) in [6, 6.07) is 0. The van der Waals surface area contributed by atoms with Crippen LogP contribution in [-0.2, 0) is 10.0 Å². The summed E-state index contributed by atoms with van der Waals surface area (Å²) in [7, 11) is -1.52. The minimum absolute atomic E-state index is 0.260. The Morgan fingerprint density at radius 1 is 1.60 bits per heavy atom. The van der Waals surface area contributed by atoms with E-state index in [1.165, 1.54) is 7.05 Å². The fourth-order valence-electron chi connectivity index (χ4n) is 0.860. The summed E-state index contributed by atoms with van der Waals surface area (Å²) in [5.41, 5.74) is 0. The predicted octanol–water partition coefficient (Wildman–Crippen LogP) is -1.24. The van der Waals surface area contributed by atoms with Crippen LogP contribution in [0.5, 0.6) is 0 Å².